The van der Waals surface area contributed by atoms with Crippen LogP contribution in [-0.4, -0.2) is 23.2 Å². The van der Waals surface area contributed by atoms with Gasteiger partial charge in [0.1, 0.15) is 5.82 Å². The van der Waals surface area contributed by atoms with Crippen molar-refractivity contribution in [3.05, 3.63) is 30.5 Å². The number of anilines is 2. The van der Waals surface area contributed by atoms with Gasteiger partial charge >= 0.3 is 0 Å². The van der Waals surface area contributed by atoms with Crippen molar-refractivity contribution in [1.29, 1.82) is 0 Å². The maximum absolute atomic E-state index is 8.74. The molecule has 78 valence electrons. The first-order valence-electron chi connectivity index (χ1n) is 4.80. The number of nitrogens with one attached hydrogen (secondary N) is 1. The van der Waals surface area contributed by atoms with Crippen LogP contribution in [0.25, 0.3) is 10.8 Å². The van der Waals surface area contributed by atoms with Crippen molar-refractivity contribution >= 4 is 22.3 Å². The van der Waals surface area contributed by atoms with Crippen LogP contribution in [0.5, 0.6) is 0 Å². The Morgan fingerprint density at radius 1 is 1.33 bits per heavy atom. The summed E-state index contributed by atoms with van der Waals surface area (Å²) in [6.45, 7) is 0.571. The molecule has 4 nitrogen and oxygen atoms in total. The normalized spacial score (nSPS) is 10.5. The Labute approximate surface area is 87.7 Å². The predicted octanol–water partition coefficient (Wildman–Crippen LogP) is 1.22. The molecule has 15 heavy (non-hydrogen) atoms. The molecule has 0 aliphatic rings. The Morgan fingerprint density at radius 3 is 3.00 bits per heavy atom. The summed E-state index contributed by atoms with van der Waals surface area (Å²) < 4.78 is 0. The molecule has 0 amide bonds. The SMILES string of the molecule is Nc1ccc2ccnc(NCCO)c2c1. The van der Waals surface area contributed by atoms with Crippen molar-refractivity contribution in [2.24, 2.45) is 0 Å². The van der Waals surface area contributed by atoms with Gasteiger partial charge < -0.3 is 16.2 Å². The maximum atomic E-state index is 8.74. The quantitative estimate of drug-likeness (QED) is 0.656. The number of hydrogen-bond acceptors (Lipinski definition) is 4. The number of pyridine rings is 1. The van der Waals surface area contributed by atoms with Crippen molar-refractivity contribution in [3.8, 4) is 0 Å². The molecule has 0 atom stereocenters. The number of aliphatic hydroxyl groups is 1. The number of hydrogen-bond donors (Lipinski definition) is 3. The highest BCUT2D eigenvalue weighted by Gasteiger charge is 2.01. The lowest BCUT2D eigenvalue weighted by Gasteiger charge is -2.07. The lowest BCUT2D eigenvalue weighted by Crippen LogP contribution is -2.07. The number of nitrogens with two attached hydrogens (primary N) is 1. The van der Waals surface area contributed by atoms with Gasteiger partial charge in [-0.2, -0.15) is 0 Å². The molecule has 2 rings (SSSR count). The second-order valence-corrected chi connectivity index (χ2v) is 3.29. The summed E-state index contributed by atoms with van der Waals surface area (Å²) in [5.74, 6) is 0.758. The Hall–Kier alpha value is -1.81. The predicted molar refractivity (Wildman–Crippen MR) is 61.7 cm³/mol. The number of nitrogen functional groups attached to an aromatic ring is 1. The fourth-order valence-corrected chi connectivity index (χ4v) is 1.50. The van der Waals surface area contributed by atoms with Crippen LogP contribution in [0.2, 0.25) is 0 Å². The van der Waals surface area contributed by atoms with Gasteiger partial charge in [0.15, 0.2) is 0 Å². The molecule has 0 aliphatic heterocycles. The van der Waals surface area contributed by atoms with Gasteiger partial charge in [-0.05, 0) is 23.6 Å². The van der Waals surface area contributed by atoms with Crippen LogP contribution in [0.4, 0.5) is 11.5 Å². The van der Waals surface area contributed by atoms with E-state index in [1.54, 1.807) is 6.20 Å². The lowest BCUT2D eigenvalue weighted by molar-refractivity contribution is 0.311. The summed E-state index contributed by atoms with van der Waals surface area (Å²) in [4.78, 5) is 4.21. The minimum atomic E-state index is 0.0837. The second-order valence-electron chi connectivity index (χ2n) is 3.29. The highest BCUT2D eigenvalue weighted by molar-refractivity contribution is 5.93. The van der Waals surface area contributed by atoms with E-state index in [-0.39, 0.29) is 6.61 Å². The van der Waals surface area contributed by atoms with E-state index < -0.39 is 0 Å². The molecular weight excluding hydrogens is 190 g/mol. The van der Waals surface area contributed by atoms with Crippen molar-refractivity contribution in [2.75, 3.05) is 24.2 Å². The molecule has 0 bridgehead atoms. The van der Waals surface area contributed by atoms with E-state index in [1.807, 2.05) is 24.3 Å². The number of aliphatic hydroxyl groups excluding tert-OH is 1. The summed E-state index contributed by atoms with van der Waals surface area (Å²) >= 11 is 0. The Morgan fingerprint density at radius 2 is 2.20 bits per heavy atom. The molecule has 1 aromatic carbocycles. The molecule has 0 aliphatic carbocycles. The molecule has 2 aromatic rings. The number of fused-ring (bicyclic) bond motifs is 1. The van der Waals surface area contributed by atoms with E-state index in [1.165, 1.54) is 0 Å². The summed E-state index contributed by atoms with van der Waals surface area (Å²) in [7, 11) is 0. The summed E-state index contributed by atoms with van der Waals surface area (Å²) in [6.07, 6.45) is 1.73. The summed E-state index contributed by atoms with van der Waals surface area (Å²) in [5.41, 5.74) is 6.43. The summed E-state index contributed by atoms with van der Waals surface area (Å²) in [6, 6.07) is 7.62. The van der Waals surface area contributed by atoms with Crippen LogP contribution >= 0.6 is 0 Å². The minimum Gasteiger partial charge on any atom is -0.399 e. The fourth-order valence-electron chi connectivity index (χ4n) is 1.50. The van der Waals surface area contributed by atoms with Gasteiger partial charge in [0.2, 0.25) is 0 Å². The maximum Gasteiger partial charge on any atom is 0.133 e. The van der Waals surface area contributed by atoms with Crippen LogP contribution in [0.1, 0.15) is 0 Å². The van der Waals surface area contributed by atoms with Gasteiger partial charge in [-0.25, -0.2) is 4.98 Å². The molecule has 1 aromatic heterocycles. The van der Waals surface area contributed by atoms with E-state index in [4.69, 9.17) is 10.8 Å². The Kier molecular flexibility index (Phi) is 2.69. The van der Waals surface area contributed by atoms with Gasteiger partial charge in [0.05, 0.1) is 6.61 Å². The standard InChI is InChI=1S/C11H13N3O/c12-9-2-1-8-3-4-13-11(10(8)7-9)14-5-6-15/h1-4,7,15H,5-6,12H2,(H,13,14). The molecule has 0 saturated heterocycles. The molecule has 4 heteroatoms. The van der Waals surface area contributed by atoms with Crippen LogP contribution in [0.3, 0.4) is 0 Å². The van der Waals surface area contributed by atoms with Crippen LogP contribution in [0, 0.1) is 0 Å². The van der Waals surface area contributed by atoms with E-state index in [9.17, 15) is 0 Å². The third-order valence-electron chi connectivity index (χ3n) is 2.19. The summed E-state index contributed by atoms with van der Waals surface area (Å²) in [5, 5.41) is 13.8. The first-order valence-corrected chi connectivity index (χ1v) is 4.80. The van der Waals surface area contributed by atoms with E-state index in [0.29, 0.717) is 12.2 Å². The first-order chi connectivity index (χ1) is 7.31. The monoisotopic (exact) mass is 203 g/mol. The third kappa shape index (κ3) is 1.99. The van der Waals surface area contributed by atoms with E-state index in [0.717, 1.165) is 16.6 Å². The third-order valence-corrected chi connectivity index (χ3v) is 2.19. The fraction of sp³-hybridized carbons (Fsp3) is 0.182. The van der Waals surface area contributed by atoms with Crippen molar-refractivity contribution < 1.29 is 5.11 Å². The highest BCUT2D eigenvalue weighted by Crippen LogP contribution is 2.22. The zero-order chi connectivity index (χ0) is 10.7. The van der Waals surface area contributed by atoms with E-state index in [2.05, 4.69) is 10.3 Å². The largest absolute Gasteiger partial charge is 0.399 e. The van der Waals surface area contributed by atoms with Crippen molar-refractivity contribution in [1.82, 2.24) is 4.98 Å². The van der Waals surface area contributed by atoms with Gasteiger partial charge in [-0.3, -0.25) is 0 Å². The Balaban J connectivity index is 2.48. The van der Waals surface area contributed by atoms with Crippen LogP contribution < -0.4 is 11.1 Å². The van der Waals surface area contributed by atoms with Crippen molar-refractivity contribution in [2.45, 2.75) is 0 Å². The topological polar surface area (TPSA) is 71.2 Å². The highest BCUT2D eigenvalue weighted by atomic mass is 16.3. The number of benzene rings is 1. The molecular formula is C11H13N3O. The lowest BCUT2D eigenvalue weighted by atomic mass is 10.1. The van der Waals surface area contributed by atoms with Gasteiger partial charge in [0, 0.05) is 23.8 Å². The molecule has 0 saturated carbocycles. The molecule has 0 radical (unpaired) electrons. The molecule has 1 heterocycles. The smallest absolute Gasteiger partial charge is 0.133 e. The minimum absolute atomic E-state index is 0.0837. The average Bonchev–Trinajstić information content (AvgIpc) is 2.26. The first kappa shape index (κ1) is 9.73. The molecule has 0 unspecified atom stereocenters. The van der Waals surface area contributed by atoms with Crippen LogP contribution in [0.15, 0.2) is 30.5 Å². The zero-order valence-corrected chi connectivity index (χ0v) is 8.27. The molecule has 0 spiro atoms. The van der Waals surface area contributed by atoms with Crippen molar-refractivity contribution in [3.63, 3.8) is 0 Å². The molecule has 0 fully saturated rings. The second kappa shape index (κ2) is 4.14. The Bertz CT molecular complexity index is 470. The van der Waals surface area contributed by atoms with Gasteiger partial charge in [0.25, 0.3) is 0 Å². The van der Waals surface area contributed by atoms with Gasteiger partial charge in [-0.1, -0.05) is 6.07 Å². The average molecular weight is 203 g/mol. The number of aromatic nitrogens is 1. The zero-order valence-electron chi connectivity index (χ0n) is 8.27. The van der Waals surface area contributed by atoms with Gasteiger partial charge in [-0.15, -0.1) is 0 Å². The molecule has 4 N–H and O–H groups in total. The van der Waals surface area contributed by atoms with Crippen LogP contribution in [-0.2, 0) is 0 Å². The number of rotatable bonds is 3. The number of nitrogens with zero attached hydrogens (tertiary/aromatic N) is 1. The van der Waals surface area contributed by atoms with E-state index >= 15 is 0 Å².